The molecular weight excluding hydrogens is 700 g/mol. The van der Waals surface area contributed by atoms with Crippen molar-refractivity contribution >= 4 is 72.1 Å². The fraction of sp³-hybridized carbons (Fsp3) is 0.524. The van der Waals surface area contributed by atoms with Crippen molar-refractivity contribution in [3.05, 3.63) is 29.3 Å². The molecule has 0 spiro atoms. The second kappa shape index (κ2) is 13.0. The second-order valence-corrected chi connectivity index (χ2v) is 14.5. The normalized spacial score (nSPS) is 30.4. The first-order chi connectivity index (χ1) is 21.9. The Morgan fingerprint density at radius 3 is 2.57 bits per heavy atom. The number of hydrogen-bond acceptors (Lipinski definition) is 16. The van der Waals surface area contributed by atoms with Crippen LogP contribution in [0.4, 0.5) is 20.5 Å². The van der Waals surface area contributed by atoms with Gasteiger partial charge in [0, 0.05) is 6.42 Å². The zero-order valence-corrected chi connectivity index (χ0v) is 26.5. The van der Waals surface area contributed by atoms with Crippen LogP contribution in [-0.2, 0) is 39.4 Å². The number of thiol groups is 1. The number of H-pyrrole nitrogens is 1. The number of aliphatic hydroxyl groups excluding tert-OH is 1. The molecule has 6 rings (SSSR count). The van der Waals surface area contributed by atoms with Gasteiger partial charge in [0.25, 0.3) is 5.56 Å². The van der Waals surface area contributed by atoms with Crippen LogP contribution < -0.4 is 17.0 Å². The number of rotatable bonds is 9. The Morgan fingerprint density at radius 2 is 1.85 bits per heavy atom. The lowest BCUT2D eigenvalue weighted by Crippen LogP contribution is -2.33. The maximum absolute atomic E-state index is 15.9. The van der Waals surface area contributed by atoms with E-state index in [-0.39, 0.29) is 40.5 Å². The van der Waals surface area contributed by atoms with Gasteiger partial charge < -0.3 is 35.5 Å². The molecule has 10 unspecified atom stereocenters. The SMILES string of the molecule is Nc1nc2c(ncn2C2OC(CO)C(F)C2OP(O)(=S)OC2COC(n3cnc4c(N)ncnc43)C(F)C(O[P+](=O)S)C2)c(=O)[nH]1. The van der Waals surface area contributed by atoms with E-state index in [4.69, 9.17) is 46.3 Å². The quantitative estimate of drug-likeness (QED) is 0.102. The summed E-state index contributed by atoms with van der Waals surface area (Å²) in [5.74, 6) is -0.227. The standard InChI is InChI=1S/C21H24F2N10O9P2S2/c22-10-9(2-34)39-20(33-6-29-13-17(33)30-21(25)31-18(13)35)14(10)42-44(37,46)41-7-1-8(40-43(36)45)11(23)19(38-3-7)32-5-28-12-15(24)26-4-27-16(12)32/h4-11,14,19-20,34H,1-3H2,(H6-,24,25,26,27,30,31,35,36,37,45,46)/p+1. The van der Waals surface area contributed by atoms with E-state index < -0.39 is 81.9 Å². The monoisotopic (exact) mass is 725 g/mol. The third-order valence-electron chi connectivity index (χ3n) is 7.17. The highest BCUT2D eigenvalue weighted by molar-refractivity contribution is 8.39. The first-order valence-corrected chi connectivity index (χ1v) is 18.1. The molecule has 2 aliphatic heterocycles. The van der Waals surface area contributed by atoms with Gasteiger partial charge in [0.2, 0.25) is 5.95 Å². The minimum absolute atomic E-state index is 0.0388. The first kappa shape index (κ1) is 33.1. The molecule has 0 saturated carbocycles. The molecule has 2 fully saturated rings. The number of aromatic amines is 1. The van der Waals surface area contributed by atoms with Crippen LogP contribution in [0.1, 0.15) is 18.9 Å². The van der Waals surface area contributed by atoms with Crippen LogP contribution in [0.5, 0.6) is 0 Å². The van der Waals surface area contributed by atoms with Crippen LogP contribution in [0.15, 0.2) is 23.8 Å². The Labute approximate surface area is 266 Å². The molecule has 0 amide bonds. The van der Waals surface area contributed by atoms with Gasteiger partial charge in [-0.25, -0.2) is 28.7 Å². The smallest absolute Gasteiger partial charge is 0.394 e. The van der Waals surface area contributed by atoms with Crippen molar-refractivity contribution in [1.82, 2.24) is 39.0 Å². The van der Waals surface area contributed by atoms with Gasteiger partial charge in [0.15, 0.2) is 53.5 Å². The fourth-order valence-electron chi connectivity index (χ4n) is 5.19. The number of nitrogens with one attached hydrogen (secondary N) is 1. The van der Waals surface area contributed by atoms with E-state index in [0.29, 0.717) is 0 Å². The van der Waals surface area contributed by atoms with Gasteiger partial charge in [-0.3, -0.25) is 23.4 Å². The molecule has 0 radical (unpaired) electrons. The van der Waals surface area contributed by atoms with Crippen LogP contribution in [0.25, 0.3) is 22.3 Å². The molecular formula is C21H25F2N10O9P2S2+. The van der Waals surface area contributed by atoms with Gasteiger partial charge in [-0.15, -0.1) is 4.52 Å². The Morgan fingerprint density at radius 1 is 1.13 bits per heavy atom. The van der Waals surface area contributed by atoms with Gasteiger partial charge in [-0.05, 0) is 16.4 Å². The van der Waals surface area contributed by atoms with Gasteiger partial charge in [0.1, 0.15) is 36.3 Å². The average molecular weight is 726 g/mol. The summed E-state index contributed by atoms with van der Waals surface area (Å²) in [6.45, 7) is -5.65. The molecule has 2 aliphatic rings. The molecule has 4 aromatic rings. The van der Waals surface area contributed by atoms with Crippen LogP contribution >= 0.6 is 26.2 Å². The van der Waals surface area contributed by atoms with Crippen molar-refractivity contribution in [2.24, 2.45) is 0 Å². The number of nitrogens with zero attached hydrogens (tertiary/aromatic N) is 7. The first-order valence-electron chi connectivity index (χ1n) is 13.2. The minimum atomic E-state index is -4.45. The van der Waals surface area contributed by atoms with Crippen LogP contribution in [0.2, 0.25) is 0 Å². The number of imidazole rings is 2. The van der Waals surface area contributed by atoms with E-state index in [1.165, 1.54) is 10.9 Å². The highest BCUT2D eigenvalue weighted by Crippen LogP contribution is 2.52. The number of anilines is 2. The molecule has 248 valence electrons. The molecule has 6 heterocycles. The number of aliphatic hydroxyl groups is 1. The summed E-state index contributed by atoms with van der Waals surface area (Å²) >= 11 is 8.94. The molecule has 25 heteroatoms. The van der Waals surface area contributed by atoms with Crippen molar-refractivity contribution in [1.29, 1.82) is 0 Å². The highest BCUT2D eigenvalue weighted by Gasteiger charge is 2.51. The predicted octanol–water partition coefficient (Wildman–Crippen LogP) is 0.568. The van der Waals surface area contributed by atoms with Gasteiger partial charge in [-0.1, -0.05) is 0 Å². The van der Waals surface area contributed by atoms with Crippen molar-refractivity contribution < 1.29 is 46.4 Å². The van der Waals surface area contributed by atoms with E-state index in [1.54, 1.807) is 0 Å². The number of ether oxygens (including phenoxy) is 2. The molecule has 0 aromatic carbocycles. The maximum Gasteiger partial charge on any atom is 0.582 e. The summed E-state index contributed by atoms with van der Waals surface area (Å²) in [5.41, 5.74) is 10.9. The number of hydrogen-bond donors (Lipinski definition) is 6. The van der Waals surface area contributed by atoms with Crippen molar-refractivity contribution in [2.45, 2.75) is 55.6 Å². The van der Waals surface area contributed by atoms with Crippen molar-refractivity contribution in [2.75, 3.05) is 24.7 Å². The van der Waals surface area contributed by atoms with E-state index in [0.717, 1.165) is 17.2 Å². The third kappa shape index (κ3) is 6.37. The van der Waals surface area contributed by atoms with E-state index in [2.05, 4.69) is 42.2 Å². The second-order valence-electron chi connectivity index (χ2n) is 10.1. The number of halogens is 2. The molecule has 46 heavy (non-hydrogen) atoms. The Balaban J connectivity index is 1.25. The number of alkyl halides is 2. The zero-order chi connectivity index (χ0) is 32.9. The average Bonchev–Trinajstić information content (AvgIpc) is 3.66. The lowest BCUT2D eigenvalue weighted by atomic mass is 10.1. The molecule has 2 saturated heterocycles. The van der Waals surface area contributed by atoms with Gasteiger partial charge in [-0.2, -0.15) is 4.98 Å². The molecule has 0 bridgehead atoms. The number of nitrogens with two attached hydrogens (primary N) is 2. The Hall–Kier alpha value is -2.82. The lowest BCUT2D eigenvalue weighted by molar-refractivity contribution is -0.0716. The topological polar surface area (TPSA) is 263 Å². The Bertz CT molecular complexity index is 1890. The zero-order valence-electron chi connectivity index (χ0n) is 23.0. The lowest BCUT2D eigenvalue weighted by Gasteiger charge is -2.28. The van der Waals surface area contributed by atoms with Gasteiger partial charge >= 0.3 is 13.9 Å². The largest absolute Gasteiger partial charge is 0.582 e. The van der Waals surface area contributed by atoms with Crippen LogP contribution in [0.3, 0.4) is 0 Å². The van der Waals surface area contributed by atoms with E-state index in [9.17, 15) is 19.4 Å². The fourth-order valence-corrected chi connectivity index (χ4v) is 7.76. The summed E-state index contributed by atoms with van der Waals surface area (Å²) in [6, 6.07) is 0. The molecule has 0 aliphatic carbocycles. The van der Waals surface area contributed by atoms with Crippen LogP contribution in [0, 0.1) is 0 Å². The summed E-state index contributed by atoms with van der Waals surface area (Å²) in [6.07, 6.45) is -9.75. The van der Waals surface area contributed by atoms with Gasteiger partial charge in [0.05, 0.1) is 32.0 Å². The highest BCUT2D eigenvalue weighted by atomic mass is 32.7. The number of fused-ring (bicyclic) bond motifs is 2. The molecule has 7 N–H and O–H groups in total. The number of aromatic nitrogens is 8. The predicted molar refractivity (Wildman–Crippen MR) is 160 cm³/mol. The van der Waals surface area contributed by atoms with Crippen molar-refractivity contribution in [3.8, 4) is 0 Å². The summed E-state index contributed by atoms with van der Waals surface area (Å²) in [4.78, 5) is 45.7. The summed E-state index contributed by atoms with van der Waals surface area (Å²) in [5, 5.41) is 9.71. The summed E-state index contributed by atoms with van der Waals surface area (Å²) in [7, 11) is -2.63. The van der Waals surface area contributed by atoms with E-state index >= 15 is 8.78 Å². The molecule has 19 nitrogen and oxygen atoms in total. The maximum atomic E-state index is 15.9. The van der Waals surface area contributed by atoms with Crippen LogP contribution in [-0.4, -0.2) is 99.0 Å². The third-order valence-corrected chi connectivity index (χ3v) is 9.49. The molecule has 4 aromatic heterocycles. The number of nitrogen functional groups attached to an aromatic ring is 2. The summed E-state index contributed by atoms with van der Waals surface area (Å²) < 4.78 is 73.6. The molecule has 10 atom stereocenters. The minimum Gasteiger partial charge on any atom is -0.394 e. The Kier molecular flexibility index (Phi) is 9.35. The van der Waals surface area contributed by atoms with E-state index in [1.807, 2.05) is 0 Å². The van der Waals surface area contributed by atoms with Crippen molar-refractivity contribution in [3.63, 3.8) is 0 Å².